The Labute approximate surface area is 184 Å². The highest BCUT2D eigenvalue weighted by Crippen LogP contribution is 2.29. The predicted octanol–water partition coefficient (Wildman–Crippen LogP) is 4.74. The Morgan fingerprint density at radius 3 is 2.77 bits per heavy atom. The number of anilines is 2. The summed E-state index contributed by atoms with van der Waals surface area (Å²) in [5, 5.41) is 6.74. The first-order valence-electron chi connectivity index (χ1n) is 9.81. The number of pyridine rings is 2. The lowest BCUT2D eigenvalue weighted by molar-refractivity contribution is 0.102. The second-order valence-electron chi connectivity index (χ2n) is 6.93. The molecule has 0 spiro atoms. The lowest BCUT2D eigenvalue weighted by atomic mass is 10.1. The Morgan fingerprint density at radius 2 is 2.03 bits per heavy atom. The van der Waals surface area contributed by atoms with Gasteiger partial charge in [0.1, 0.15) is 5.82 Å². The average molecular weight is 433 g/mol. The van der Waals surface area contributed by atoms with Gasteiger partial charge >= 0.3 is 0 Å². The molecule has 8 heteroatoms. The van der Waals surface area contributed by atoms with E-state index >= 15 is 0 Å². The number of halogens is 1. The minimum atomic E-state index is -0.234. The van der Waals surface area contributed by atoms with Gasteiger partial charge < -0.3 is 15.6 Å². The van der Waals surface area contributed by atoms with Crippen molar-refractivity contribution in [3.8, 4) is 11.3 Å². The maximum Gasteiger partial charge on any atom is 0.257 e. The average Bonchev–Trinajstić information content (AvgIpc) is 3.29. The van der Waals surface area contributed by atoms with E-state index in [9.17, 15) is 4.79 Å². The topological polar surface area (TPSA) is 95.6 Å². The number of amides is 1. The van der Waals surface area contributed by atoms with Crippen LogP contribution in [0.2, 0.25) is 5.02 Å². The zero-order chi connectivity index (χ0) is 21.6. The molecule has 4 aromatic rings. The molecule has 156 valence electrons. The van der Waals surface area contributed by atoms with Crippen molar-refractivity contribution in [2.24, 2.45) is 0 Å². The van der Waals surface area contributed by atoms with Crippen molar-refractivity contribution in [2.45, 2.75) is 13.3 Å². The Hall–Kier alpha value is -3.71. The smallest absolute Gasteiger partial charge is 0.257 e. The molecule has 3 aromatic heterocycles. The first-order chi connectivity index (χ1) is 15.1. The predicted molar refractivity (Wildman–Crippen MR) is 122 cm³/mol. The van der Waals surface area contributed by atoms with Crippen LogP contribution >= 0.6 is 11.6 Å². The summed E-state index contributed by atoms with van der Waals surface area (Å²) in [6, 6.07) is 14.5. The van der Waals surface area contributed by atoms with Crippen molar-refractivity contribution >= 4 is 29.0 Å². The molecule has 0 aliphatic heterocycles. The van der Waals surface area contributed by atoms with Gasteiger partial charge in [-0.3, -0.25) is 9.78 Å². The van der Waals surface area contributed by atoms with Crippen LogP contribution in [0.25, 0.3) is 11.3 Å². The van der Waals surface area contributed by atoms with Crippen molar-refractivity contribution in [2.75, 3.05) is 17.2 Å². The van der Waals surface area contributed by atoms with E-state index < -0.39 is 0 Å². The highest BCUT2D eigenvalue weighted by Gasteiger charge is 2.13. The van der Waals surface area contributed by atoms with Gasteiger partial charge in [-0.05, 0) is 49.4 Å². The molecule has 4 rings (SSSR count). The molecular weight excluding hydrogens is 412 g/mol. The monoisotopic (exact) mass is 432 g/mol. The summed E-state index contributed by atoms with van der Waals surface area (Å²) < 4.78 is 0. The number of nitrogens with zero attached hydrogens (tertiary/aromatic N) is 3. The van der Waals surface area contributed by atoms with Crippen LogP contribution in [0.15, 0.2) is 67.3 Å². The van der Waals surface area contributed by atoms with E-state index in [4.69, 9.17) is 11.6 Å². The third kappa shape index (κ3) is 5.07. The standard InChI is InChI=1S/C23H21ClN6O/c1-15-18(6-8-22(29-15)27-11-9-17-13-25-14-28-17)23(31)30-16-5-7-20(24)19(12-16)21-4-2-3-10-26-21/h2-8,10,12-14H,9,11H2,1H3,(H,25,28)(H,27,29)(H,30,31). The van der Waals surface area contributed by atoms with E-state index in [0.29, 0.717) is 34.3 Å². The Kier molecular flexibility index (Phi) is 6.24. The molecule has 3 heterocycles. The molecule has 1 aromatic carbocycles. The fourth-order valence-electron chi connectivity index (χ4n) is 3.17. The number of hydrogen-bond donors (Lipinski definition) is 3. The lowest BCUT2D eigenvalue weighted by Crippen LogP contribution is -2.15. The summed E-state index contributed by atoms with van der Waals surface area (Å²) in [5.41, 5.74) is 4.26. The van der Waals surface area contributed by atoms with Crippen LogP contribution in [0.1, 0.15) is 21.7 Å². The van der Waals surface area contributed by atoms with Crippen LogP contribution in [0, 0.1) is 6.92 Å². The number of aromatic amines is 1. The second kappa shape index (κ2) is 9.40. The fraction of sp³-hybridized carbons (Fsp3) is 0.130. The van der Waals surface area contributed by atoms with Gasteiger partial charge in [0.2, 0.25) is 0 Å². The molecule has 1 amide bonds. The maximum absolute atomic E-state index is 12.8. The molecule has 0 unspecified atom stereocenters. The van der Waals surface area contributed by atoms with Gasteiger partial charge in [0.15, 0.2) is 0 Å². The Bertz CT molecular complexity index is 1180. The van der Waals surface area contributed by atoms with Crippen LogP contribution in [0.3, 0.4) is 0 Å². The maximum atomic E-state index is 12.8. The van der Waals surface area contributed by atoms with Gasteiger partial charge in [-0.25, -0.2) is 9.97 Å². The number of benzene rings is 1. The van der Waals surface area contributed by atoms with Gasteiger partial charge in [-0.15, -0.1) is 0 Å². The number of carbonyl (C=O) groups excluding carboxylic acids is 1. The quantitative estimate of drug-likeness (QED) is 0.392. The van der Waals surface area contributed by atoms with Crippen molar-refractivity contribution in [3.63, 3.8) is 0 Å². The number of hydrogen-bond acceptors (Lipinski definition) is 5. The van der Waals surface area contributed by atoms with Gasteiger partial charge in [0.25, 0.3) is 5.91 Å². The molecule has 31 heavy (non-hydrogen) atoms. The molecule has 0 bridgehead atoms. The number of carbonyl (C=O) groups is 1. The van der Waals surface area contributed by atoms with E-state index in [1.807, 2.05) is 37.4 Å². The van der Waals surface area contributed by atoms with Crippen molar-refractivity contribution in [1.29, 1.82) is 0 Å². The zero-order valence-electron chi connectivity index (χ0n) is 16.9. The first-order valence-corrected chi connectivity index (χ1v) is 10.2. The molecule has 0 atom stereocenters. The molecule has 0 fully saturated rings. The molecule has 3 N–H and O–H groups in total. The molecular formula is C23H21ClN6O. The molecule has 0 saturated heterocycles. The summed E-state index contributed by atoms with van der Waals surface area (Å²) >= 11 is 6.33. The Balaban J connectivity index is 1.44. The molecule has 0 aliphatic rings. The van der Waals surface area contributed by atoms with E-state index in [0.717, 1.165) is 23.4 Å². The van der Waals surface area contributed by atoms with E-state index in [2.05, 4.69) is 30.6 Å². The third-order valence-electron chi connectivity index (χ3n) is 4.74. The lowest BCUT2D eigenvalue weighted by Gasteiger charge is -2.11. The van der Waals surface area contributed by atoms with E-state index in [1.54, 1.807) is 36.8 Å². The minimum absolute atomic E-state index is 0.234. The highest BCUT2D eigenvalue weighted by atomic mass is 35.5. The van der Waals surface area contributed by atoms with Crippen molar-refractivity contribution in [1.82, 2.24) is 19.9 Å². The van der Waals surface area contributed by atoms with Gasteiger partial charge in [-0.2, -0.15) is 0 Å². The zero-order valence-corrected chi connectivity index (χ0v) is 17.6. The summed E-state index contributed by atoms with van der Waals surface area (Å²) in [5.74, 6) is 0.482. The SMILES string of the molecule is Cc1nc(NCCc2c[nH]cn2)ccc1C(=O)Nc1ccc(Cl)c(-c2ccccn2)c1. The van der Waals surface area contributed by atoms with Crippen LogP contribution in [0.5, 0.6) is 0 Å². The van der Waals surface area contributed by atoms with Gasteiger partial charge in [-0.1, -0.05) is 17.7 Å². The molecule has 0 aliphatic carbocycles. The molecule has 0 radical (unpaired) electrons. The van der Waals surface area contributed by atoms with Crippen molar-refractivity contribution < 1.29 is 4.79 Å². The second-order valence-corrected chi connectivity index (χ2v) is 7.34. The Morgan fingerprint density at radius 1 is 1.13 bits per heavy atom. The summed E-state index contributed by atoms with van der Waals surface area (Å²) in [6.07, 6.45) is 6.01. The first kappa shape index (κ1) is 20.6. The van der Waals surface area contributed by atoms with E-state index in [1.165, 1.54) is 0 Å². The van der Waals surface area contributed by atoms with Crippen LogP contribution in [-0.2, 0) is 6.42 Å². The molecule has 0 saturated carbocycles. The van der Waals surface area contributed by atoms with Crippen LogP contribution in [0.4, 0.5) is 11.5 Å². The summed E-state index contributed by atoms with van der Waals surface area (Å²) in [6.45, 7) is 2.51. The molecule has 7 nitrogen and oxygen atoms in total. The summed E-state index contributed by atoms with van der Waals surface area (Å²) in [7, 11) is 0. The van der Waals surface area contributed by atoms with E-state index in [-0.39, 0.29) is 5.91 Å². The van der Waals surface area contributed by atoms with Crippen molar-refractivity contribution in [3.05, 3.63) is 89.2 Å². The van der Waals surface area contributed by atoms with Crippen LogP contribution in [-0.4, -0.2) is 32.4 Å². The van der Waals surface area contributed by atoms with Gasteiger partial charge in [0, 0.05) is 36.6 Å². The van der Waals surface area contributed by atoms with Gasteiger partial charge in [0.05, 0.1) is 34.0 Å². The number of nitrogens with one attached hydrogen (secondary N) is 3. The highest BCUT2D eigenvalue weighted by molar-refractivity contribution is 6.33. The largest absolute Gasteiger partial charge is 0.370 e. The number of rotatable bonds is 7. The normalized spacial score (nSPS) is 10.6. The summed E-state index contributed by atoms with van der Waals surface area (Å²) in [4.78, 5) is 28.8. The number of aryl methyl sites for hydroxylation is 1. The number of imidazole rings is 1. The third-order valence-corrected chi connectivity index (χ3v) is 5.07. The number of H-pyrrole nitrogens is 1. The minimum Gasteiger partial charge on any atom is -0.370 e. The van der Waals surface area contributed by atoms with Crippen LogP contribution < -0.4 is 10.6 Å². The number of aromatic nitrogens is 4. The fourth-order valence-corrected chi connectivity index (χ4v) is 3.38.